The first-order valence-corrected chi connectivity index (χ1v) is 6.93. The average molecular weight is 310 g/mol. The van der Waals surface area contributed by atoms with Gasteiger partial charge in [-0.15, -0.1) is 0 Å². The van der Waals surface area contributed by atoms with Gasteiger partial charge in [0.2, 0.25) is 12.2 Å². The van der Waals surface area contributed by atoms with Crippen LogP contribution in [0.25, 0.3) is 0 Å². The number of hydrogen-bond acceptors (Lipinski definition) is 6. The highest BCUT2D eigenvalue weighted by atomic mass is 16.5. The van der Waals surface area contributed by atoms with E-state index in [1.54, 1.807) is 48.5 Å². The van der Waals surface area contributed by atoms with Crippen molar-refractivity contribution >= 4 is 23.5 Å². The summed E-state index contributed by atoms with van der Waals surface area (Å²) in [6.45, 7) is 1.01. The lowest BCUT2D eigenvalue weighted by Gasteiger charge is -2.08. The molecule has 23 heavy (non-hydrogen) atoms. The Morgan fingerprint density at radius 1 is 0.696 bits per heavy atom. The van der Waals surface area contributed by atoms with Crippen molar-refractivity contribution in [3.8, 4) is 11.5 Å². The molecule has 0 unspecified atom stereocenters. The van der Waals surface area contributed by atoms with Crippen LogP contribution in [0.3, 0.4) is 0 Å². The van der Waals surface area contributed by atoms with Gasteiger partial charge in [0.15, 0.2) is 0 Å². The molecule has 6 nitrogen and oxygen atoms in total. The van der Waals surface area contributed by atoms with E-state index in [0.29, 0.717) is 42.5 Å². The zero-order chi connectivity index (χ0) is 16.3. The molecule has 6 heteroatoms. The fraction of sp³-hybridized carbons (Fsp3) is 0.176. The van der Waals surface area contributed by atoms with E-state index in [1.165, 1.54) is 12.2 Å². The standard InChI is InChI=1S/C17H14N2O4/c20-12-18-14-2-6-16(7-3-14)22-10-1-11-23-17-8-4-15(5-9-17)19-13-21/h2-9H,1,10-11H2. The van der Waals surface area contributed by atoms with Crippen LogP contribution >= 0.6 is 0 Å². The van der Waals surface area contributed by atoms with Crippen LogP contribution in [0.5, 0.6) is 11.5 Å². The number of rotatable bonds is 8. The van der Waals surface area contributed by atoms with Gasteiger partial charge in [0.1, 0.15) is 11.5 Å². The van der Waals surface area contributed by atoms with Crippen LogP contribution in [0.15, 0.2) is 58.5 Å². The van der Waals surface area contributed by atoms with E-state index in [4.69, 9.17) is 9.47 Å². The molecular formula is C17H14N2O4. The number of aliphatic imine (C=N–C) groups is 2. The van der Waals surface area contributed by atoms with Crippen molar-refractivity contribution in [3.63, 3.8) is 0 Å². The van der Waals surface area contributed by atoms with Crippen molar-refractivity contribution in [1.82, 2.24) is 0 Å². The quantitative estimate of drug-likeness (QED) is 0.425. The second kappa shape index (κ2) is 8.95. The van der Waals surface area contributed by atoms with Gasteiger partial charge in [0, 0.05) is 6.42 Å². The first-order valence-electron chi connectivity index (χ1n) is 6.93. The lowest BCUT2D eigenvalue weighted by molar-refractivity contribution is 0.247. The molecule has 0 aliphatic carbocycles. The molecule has 2 aromatic rings. The zero-order valence-electron chi connectivity index (χ0n) is 12.3. The Labute approximate surface area is 133 Å². The zero-order valence-corrected chi connectivity index (χ0v) is 12.3. The Balaban J connectivity index is 1.69. The molecular weight excluding hydrogens is 296 g/mol. The molecule has 0 aliphatic rings. The van der Waals surface area contributed by atoms with Crippen molar-refractivity contribution in [2.75, 3.05) is 13.2 Å². The minimum absolute atomic E-state index is 0.504. The summed E-state index contributed by atoms with van der Waals surface area (Å²) in [7, 11) is 0. The SMILES string of the molecule is O=C=Nc1ccc(OCCCOc2ccc(N=C=O)cc2)cc1. The number of isocyanates is 2. The highest BCUT2D eigenvalue weighted by Gasteiger charge is 1.97. The Morgan fingerprint density at radius 3 is 1.43 bits per heavy atom. The van der Waals surface area contributed by atoms with E-state index >= 15 is 0 Å². The Morgan fingerprint density at radius 2 is 1.09 bits per heavy atom. The predicted octanol–water partition coefficient (Wildman–Crippen LogP) is 3.47. The third-order valence-electron chi connectivity index (χ3n) is 2.85. The maximum Gasteiger partial charge on any atom is 0.240 e. The molecule has 0 heterocycles. The second-order valence-corrected chi connectivity index (χ2v) is 4.44. The molecule has 0 N–H and O–H groups in total. The summed E-state index contributed by atoms with van der Waals surface area (Å²) < 4.78 is 11.1. The smallest absolute Gasteiger partial charge is 0.240 e. The molecule has 0 spiro atoms. The van der Waals surface area contributed by atoms with E-state index in [9.17, 15) is 9.59 Å². The van der Waals surface area contributed by atoms with Gasteiger partial charge >= 0.3 is 0 Å². The van der Waals surface area contributed by atoms with Gasteiger partial charge in [-0.25, -0.2) is 9.59 Å². The molecule has 0 aliphatic heterocycles. The van der Waals surface area contributed by atoms with E-state index < -0.39 is 0 Å². The summed E-state index contributed by atoms with van der Waals surface area (Å²) >= 11 is 0. The Bertz CT molecular complexity index is 650. The predicted molar refractivity (Wildman–Crippen MR) is 84.1 cm³/mol. The number of nitrogens with zero attached hydrogens (tertiary/aromatic N) is 2. The molecule has 0 radical (unpaired) electrons. The van der Waals surface area contributed by atoms with Crippen molar-refractivity contribution in [2.24, 2.45) is 9.98 Å². The van der Waals surface area contributed by atoms with Crippen molar-refractivity contribution in [3.05, 3.63) is 48.5 Å². The highest BCUT2D eigenvalue weighted by molar-refractivity contribution is 5.50. The van der Waals surface area contributed by atoms with Gasteiger partial charge < -0.3 is 9.47 Å². The Hall–Kier alpha value is -3.20. The highest BCUT2D eigenvalue weighted by Crippen LogP contribution is 2.19. The van der Waals surface area contributed by atoms with Gasteiger partial charge in [-0.05, 0) is 48.5 Å². The van der Waals surface area contributed by atoms with E-state index in [-0.39, 0.29) is 0 Å². The van der Waals surface area contributed by atoms with Crippen LogP contribution in [0.1, 0.15) is 6.42 Å². The summed E-state index contributed by atoms with van der Waals surface area (Å²) in [5.41, 5.74) is 1.08. The van der Waals surface area contributed by atoms with Crippen LogP contribution in [-0.2, 0) is 9.59 Å². The summed E-state index contributed by atoms with van der Waals surface area (Å²) in [5, 5.41) is 0. The third-order valence-corrected chi connectivity index (χ3v) is 2.85. The minimum Gasteiger partial charge on any atom is -0.493 e. The topological polar surface area (TPSA) is 77.3 Å². The third kappa shape index (κ3) is 5.59. The fourth-order valence-corrected chi connectivity index (χ4v) is 1.78. The summed E-state index contributed by atoms with van der Waals surface area (Å²) in [6.07, 6.45) is 3.68. The van der Waals surface area contributed by atoms with Gasteiger partial charge in [-0.3, -0.25) is 0 Å². The molecule has 0 atom stereocenters. The summed E-state index contributed by atoms with van der Waals surface area (Å²) in [6, 6.07) is 13.7. The van der Waals surface area contributed by atoms with Crippen LogP contribution < -0.4 is 9.47 Å². The molecule has 0 bridgehead atoms. The van der Waals surface area contributed by atoms with E-state index in [0.717, 1.165) is 0 Å². The van der Waals surface area contributed by atoms with Crippen LogP contribution in [0, 0.1) is 0 Å². The first kappa shape index (κ1) is 16.2. The molecule has 0 saturated heterocycles. The molecule has 2 rings (SSSR count). The van der Waals surface area contributed by atoms with Gasteiger partial charge in [-0.1, -0.05) is 0 Å². The molecule has 0 amide bonds. The van der Waals surface area contributed by atoms with Gasteiger partial charge in [0.25, 0.3) is 0 Å². The molecule has 2 aromatic carbocycles. The number of hydrogen-bond donors (Lipinski definition) is 0. The van der Waals surface area contributed by atoms with Gasteiger partial charge in [-0.2, -0.15) is 9.98 Å². The lowest BCUT2D eigenvalue weighted by Crippen LogP contribution is -2.04. The maximum atomic E-state index is 10.1. The summed E-state index contributed by atoms with van der Waals surface area (Å²) in [4.78, 5) is 27.2. The number of carbonyl (C=O) groups excluding carboxylic acids is 2. The van der Waals surface area contributed by atoms with Gasteiger partial charge in [0.05, 0.1) is 24.6 Å². The first-order chi connectivity index (χ1) is 11.3. The molecule has 0 saturated carbocycles. The molecule has 116 valence electrons. The number of ether oxygens (including phenoxy) is 2. The largest absolute Gasteiger partial charge is 0.493 e. The molecule has 0 aromatic heterocycles. The lowest BCUT2D eigenvalue weighted by atomic mass is 10.3. The number of benzene rings is 2. The van der Waals surface area contributed by atoms with Crippen LogP contribution in [-0.4, -0.2) is 25.4 Å². The normalized spacial score (nSPS) is 9.39. The molecule has 0 fully saturated rings. The summed E-state index contributed by atoms with van der Waals surface area (Å²) in [5.74, 6) is 1.40. The van der Waals surface area contributed by atoms with E-state index in [2.05, 4.69) is 9.98 Å². The Kier molecular flexibility index (Phi) is 6.29. The van der Waals surface area contributed by atoms with Crippen molar-refractivity contribution in [1.29, 1.82) is 0 Å². The maximum absolute atomic E-state index is 10.1. The fourth-order valence-electron chi connectivity index (χ4n) is 1.78. The van der Waals surface area contributed by atoms with Crippen molar-refractivity contribution in [2.45, 2.75) is 6.42 Å². The minimum atomic E-state index is 0.504. The van der Waals surface area contributed by atoms with Crippen molar-refractivity contribution < 1.29 is 19.1 Å². The average Bonchev–Trinajstić information content (AvgIpc) is 2.58. The van der Waals surface area contributed by atoms with Crippen LogP contribution in [0.2, 0.25) is 0 Å². The monoisotopic (exact) mass is 310 g/mol. The van der Waals surface area contributed by atoms with E-state index in [1.807, 2.05) is 0 Å². The van der Waals surface area contributed by atoms with Crippen LogP contribution in [0.4, 0.5) is 11.4 Å². The second-order valence-electron chi connectivity index (χ2n) is 4.44.